The van der Waals surface area contributed by atoms with Crippen molar-refractivity contribution in [2.75, 3.05) is 24.2 Å². The summed E-state index contributed by atoms with van der Waals surface area (Å²) in [6.45, 7) is 9.23. The molecule has 172 valence electrons. The maximum Gasteiger partial charge on any atom is 0.262 e. The molecule has 2 aliphatic heterocycles. The van der Waals surface area contributed by atoms with Crippen LogP contribution in [0.2, 0.25) is 0 Å². The molecule has 7 nitrogen and oxygen atoms in total. The van der Waals surface area contributed by atoms with Gasteiger partial charge in [-0.25, -0.2) is 4.98 Å². The zero-order chi connectivity index (χ0) is 23.0. The molecule has 3 N–H and O–H groups in total. The highest BCUT2D eigenvalue weighted by molar-refractivity contribution is 5.96. The van der Waals surface area contributed by atoms with Crippen molar-refractivity contribution in [1.29, 1.82) is 0 Å². The number of benzene rings is 1. The summed E-state index contributed by atoms with van der Waals surface area (Å²) in [6.07, 6.45) is 5.72. The molecule has 1 amide bonds. The number of hydrogen-bond donors (Lipinski definition) is 2. The van der Waals surface area contributed by atoms with E-state index in [1.165, 1.54) is 19.3 Å². The number of aromatic nitrogens is 2. The molecule has 0 radical (unpaired) electrons. The molecule has 0 spiro atoms. The first-order valence-corrected chi connectivity index (χ1v) is 11.8. The number of pyridine rings is 1. The fourth-order valence-electron chi connectivity index (χ4n) is 6.68. The van der Waals surface area contributed by atoms with Crippen LogP contribution in [0.25, 0.3) is 16.9 Å². The van der Waals surface area contributed by atoms with Crippen LogP contribution in [0, 0.1) is 10.8 Å². The second-order valence-corrected chi connectivity index (χ2v) is 11.3. The molecule has 3 aromatic rings. The third-order valence-electron chi connectivity index (χ3n) is 7.50. The van der Waals surface area contributed by atoms with Crippen molar-refractivity contribution in [3.8, 4) is 17.0 Å². The maximum atomic E-state index is 11.9. The molecule has 2 fully saturated rings. The van der Waals surface area contributed by atoms with Gasteiger partial charge in [-0.3, -0.25) is 9.69 Å². The van der Waals surface area contributed by atoms with E-state index in [9.17, 15) is 4.79 Å². The third-order valence-corrected chi connectivity index (χ3v) is 7.50. The molecule has 4 heterocycles. The van der Waals surface area contributed by atoms with E-state index in [4.69, 9.17) is 15.5 Å². The fraction of sp³-hybridized carbons (Fsp3) is 0.462. The predicted molar refractivity (Wildman–Crippen MR) is 129 cm³/mol. The largest absolute Gasteiger partial charge is 0.482 e. The number of nitrogens with two attached hydrogens (primary N) is 1. The third kappa shape index (κ3) is 3.55. The van der Waals surface area contributed by atoms with Gasteiger partial charge in [-0.2, -0.15) is 0 Å². The van der Waals surface area contributed by atoms with Crippen molar-refractivity contribution in [2.45, 2.75) is 52.6 Å². The van der Waals surface area contributed by atoms with E-state index in [-0.39, 0.29) is 12.5 Å². The number of hydrogen-bond acceptors (Lipinski definition) is 5. The lowest BCUT2D eigenvalue weighted by molar-refractivity contribution is -0.118. The lowest BCUT2D eigenvalue weighted by Gasteiger charge is -2.40. The van der Waals surface area contributed by atoms with Gasteiger partial charge in [0.05, 0.1) is 17.1 Å². The second-order valence-electron chi connectivity index (χ2n) is 11.3. The average Bonchev–Trinajstić information content (AvgIpc) is 3.20. The van der Waals surface area contributed by atoms with Gasteiger partial charge in [0.1, 0.15) is 11.4 Å². The van der Waals surface area contributed by atoms with E-state index < -0.39 is 0 Å². The zero-order valence-corrected chi connectivity index (χ0v) is 19.5. The van der Waals surface area contributed by atoms with Crippen molar-refractivity contribution in [1.82, 2.24) is 14.3 Å². The number of nitrogens with one attached hydrogen (secondary N) is 1. The quantitative estimate of drug-likeness (QED) is 0.627. The van der Waals surface area contributed by atoms with E-state index in [0.717, 1.165) is 35.7 Å². The van der Waals surface area contributed by atoms with Gasteiger partial charge < -0.3 is 20.2 Å². The minimum atomic E-state index is -0.136. The van der Waals surface area contributed by atoms with E-state index >= 15 is 0 Å². The number of likely N-dealkylation sites (tertiary alicyclic amines) is 1. The summed E-state index contributed by atoms with van der Waals surface area (Å²) in [5.74, 6) is 0.555. The number of ether oxygens (including phenoxy) is 1. The summed E-state index contributed by atoms with van der Waals surface area (Å²) < 4.78 is 7.69. The molecule has 3 aliphatic rings. The van der Waals surface area contributed by atoms with Gasteiger partial charge in [-0.05, 0) is 60.4 Å². The van der Waals surface area contributed by atoms with Crippen LogP contribution in [0.4, 0.5) is 11.4 Å². The Balaban J connectivity index is 1.43. The molecular formula is C26H31N5O2. The summed E-state index contributed by atoms with van der Waals surface area (Å²) >= 11 is 0. The van der Waals surface area contributed by atoms with Crippen molar-refractivity contribution in [3.05, 3.63) is 42.2 Å². The second kappa shape index (κ2) is 6.97. The Kier molecular flexibility index (Phi) is 4.34. The topological polar surface area (TPSA) is 84.9 Å². The number of nitrogen functional groups attached to an aromatic ring is 1. The molecular weight excluding hydrogens is 414 g/mol. The summed E-state index contributed by atoms with van der Waals surface area (Å²) in [5.41, 5.74) is 12.2. The predicted octanol–water partition coefficient (Wildman–Crippen LogP) is 4.32. The first kappa shape index (κ1) is 20.5. The Labute approximate surface area is 193 Å². The highest BCUT2D eigenvalue weighted by Gasteiger charge is 2.49. The number of amides is 1. The Morgan fingerprint density at radius 1 is 1.21 bits per heavy atom. The Morgan fingerprint density at radius 3 is 2.91 bits per heavy atom. The zero-order valence-electron chi connectivity index (χ0n) is 19.5. The highest BCUT2D eigenvalue weighted by atomic mass is 16.5. The minimum absolute atomic E-state index is 0.0523. The summed E-state index contributed by atoms with van der Waals surface area (Å²) in [4.78, 5) is 19.5. The summed E-state index contributed by atoms with van der Waals surface area (Å²) in [5, 5.41) is 2.92. The first-order chi connectivity index (χ1) is 15.7. The van der Waals surface area contributed by atoms with Gasteiger partial charge in [0.25, 0.3) is 5.91 Å². The van der Waals surface area contributed by atoms with Crippen molar-refractivity contribution in [2.24, 2.45) is 10.8 Å². The SMILES string of the molecule is CC1(C)CC2CC(C)(CN2Cc2c(-c3ccc4c(c3)NC(=O)CO4)nc3ccc(N)cn23)C1. The number of anilines is 2. The van der Waals surface area contributed by atoms with E-state index in [1.54, 1.807) is 0 Å². The maximum absolute atomic E-state index is 11.9. The van der Waals surface area contributed by atoms with Crippen LogP contribution < -0.4 is 15.8 Å². The van der Waals surface area contributed by atoms with Crippen LogP contribution in [0.15, 0.2) is 36.5 Å². The molecule has 2 aromatic heterocycles. The minimum Gasteiger partial charge on any atom is -0.482 e. The van der Waals surface area contributed by atoms with Gasteiger partial charge in [-0.1, -0.05) is 20.8 Å². The van der Waals surface area contributed by atoms with E-state index in [0.29, 0.717) is 34.0 Å². The highest BCUT2D eigenvalue weighted by Crippen LogP contribution is 2.53. The van der Waals surface area contributed by atoms with Gasteiger partial charge in [0, 0.05) is 36.6 Å². The monoisotopic (exact) mass is 445 g/mol. The molecule has 33 heavy (non-hydrogen) atoms. The molecule has 1 saturated heterocycles. The van der Waals surface area contributed by atoms with Crippen LogP contribution in [0.1, 0.15) is 45.7 Å². The van der Waals surface area contributed by atoms with Crippen LogP contribution in [-0.4, -0.2) is 39.4 Å². The smallest absolute Gasteiger partial charge is 0.262 e. The average molecular weight is 446 g/mol. The van der Waals surface area contributed by atoms with Gasteiger partial charge in [-0.15, -0.1) is 0 Å². The van der Waals surface area contributed by atoms with E-state index in [1.807, 2.05) is 36.5 Å². The number of carbonyl (C=O) groups excluding carboxylic acids is 1. The summed E-state index contributed by atoms with van der Waals surface area (Å²) in [7, 11) is 0. The number of carbonyl (C=O) groups is 1. The van der Waals surface area contributed by atoms with Crippen molar-refractivity contribution in [3.63, 3.8) is 0 Å². The molecule has 1 aromatic carbocycles. The fourth-order valence-corrected chi connectivity index (χ4v) is 6.68. The molecule has 1 aliphatic carbocycles. The molecule has 1 saturated carbocycles. The number of nitrogens with zero attached hydrogens (tertiary/aromatic N) is 3. The van der Waals surface area contributed by atoms with E-state index in [2.05, 4.69) is 35.4 Å². The normalized spacial score (nSPS) is 26.2. The molecule has 7 heteroatoms. The molecule has 2 unspecified atom stereocenters. The van der Waals surface area contributed by atoms with Crippen molar-refractivity contribution < 1.29 is 9.53 Å². The Hall–Kier alpha value is -3.06. The number of rotatable bonds is 3. The van der Waals surface area contributed by atoms with Crippen LogP contribution in [0.3, 0.4) is 0 Å². The van der Waals surface area contributed by atoms with Gasteiger partial charge in [0.2, 0.25) is 0 Å². The summed E-state index contributed by atoms with van der Waals surface area (Å²) in [6, 6.07) is 10.3. The first-order valence-electron chi connectivity index (χ1n) is 11.8. The lowest BCUT2D eigenvalue weighted by atomic mass is 9.65. The van der Waals surface area contributed by atoms with Crippen LogP contribution >= 0.6 is 0 Å². The van der Waals surface area contributed by atoms with Crippen LogP contribution in [-0.2, 0) is 11.3 Å². The van der Waals surface area contributed by atoms with Gasteiger partial charge >= 0.3 is 0 Å². The number of imidazole rings is 1. The number of fused-ring (bicyclic) bond motifs is 4. The molecule has 2 bridgehead atoms. The lowest BCUT2D eigenvalue weighted by Crippen LogP contribution is -2.34. The molecule has 6 rings (SSSR count). The van der Waals surface area contributed by atoms with Crippen LogP contribution in [0.5, 0.6) is 5.75 Å². The standard InChI is InChI=1S/C26H31N5O2/c1-25(2)9-18-10-26(3,14-25)15-30(18)12-20-24(29-22-7-5-17(27)11-31(20)22)16-4-6-21-19(8-16)28-23(32)13-33-21/h4-8,11,18H,9-10,12-15,27H2,1-3H3,(H,28,32). The Bertz CT molecular complexity index is 1280. The van der Waals surface area contributed by atoms with Gasteiger partial charge in [0.15, 0.2) is 6.61 Å². The Morgan fingerprint density at radius 2 is 2.06 bits per heavy atom. The van der Waals surface area contributed by atoms with Crippen molar-refractivity contribution >= 4 is 22.9 Å². The molecule has 2 atom stereocenters.